The van der Waals surface area contributed by atoms with Gasteiger partial charge in [0.25, 0.3) is 0 Å². The Kier molecular flexibility index (Phi) is 8.30. The minimum atomic E-state index is -0.338. The Hall–Kier alpha value is -5.49. The summed E-state index contributed by atoms with van der Waals surface area (Å²) in [7, 11) is 6.88. The molecule has 0 N–H and O–H groups in total. The molecule has 0 radical (unpaired) electrons. The summed E-state index contributed by atoms with van der Waals surface area (Å²) >= 11 is 0. The van der Waals surface area contributed by atoms with Crippen molar-refractivity contribution in [3.05, 3.63) is 148 Å². The smallest absolute Gasteiger partial charge is 0.337 e. The van der Waals surface area contributed by atoms with Gasteiger partial charge >= 0.3 is 11.9 Å². The Balaban J connectivity index is 1.32. The molecule has 4 aromatic rings. The van der Waals surface area contributed by atoms with E-state index in [-0.39, 0.29) is 11.9 Å². The Labute approximate surface area is 263 Å². The van der Waals surface area contributed by atoms with E-state index < -0.39 is 0 Å². The first-order valence-electron chi connectivity index (χ1n) is 14.9. The molecule has 1 aromatic heterocycles. The molecule has 0 fully saturated rings. The fraction of sp³-hybridized carbons (Fsp3) is 0.154. The zero-order valence-corrected chi connectivity index (χ0v) is 25.9. The first-order valence-corrected chi connectivity index (χ1v) is 14.9. The number of ether oxygens (including phenoxy) is 2. The number of esters is 2. The van der Waals surface area contributed by atoms with Crippen LogP contribution >= 0.6 is 0 Å². The summed E-state index contributed by atoms with van der Waals surface area (Å²) in [4.78, 5) is 26.1. The second-order valence-electron chi connectivity index (χ2n) is 11.1. The van der Waals surface area contributed by atoms with Crippen LogP contribution in [-0.2, 0) is 16.5 Å². The lowest BCUT2D eigenvalue weighted by atomic mass is 9.97. The number of rotatable bonds is 6. The van der Waals surface area contributed by atoms with Crippen LogP contribution in [0.25, 0.3) is 28.6 Å². The molecule has 2 heterocycles. The van der Waals surface area contributed by atoms with Crippen LogP contribution in [0.5, 0.6) is 0 Å². The van der Waals surface area contributed by atoms with E-state index in [0.717, 1.165) is 46.4 Å². The molecule has 6 rings (SSSR count). The monoisotopic (exact) mass is 595 g/mol. The number of carbonyl (C=O) groups excluding carboxylic acids is 2. The quantitative estimate of drug-likeness (QED) is 0.171. The van der Waals surface area contributed by atoms with Gasteiger partial charge in [0.05, 0.1) is 25.3 Å². The van der Waals surface area contributed by atoms with Crippen molar-refractivity contribution in [1.82, 2.24) is 0 Å². The molecule has 45 heavy (non-hydrogen) atoms. The third kappa shape index (κ3) is 5.87. The van der Waals surface area contributed by atoms with Crippen molar-refractivity contribution in [2.24, 2.45) is 7.05 Å². The molecular weight excluding hydrogens is 560 g/mol. The van der Waals surface area contributed by atoms with Crippen LogP contribution in [0.2, 0.25) is 0 Å². The number of likely N-dealkylation sites (N-methyl/N-ethyl adjacent to an activating group) is 1. The van der Waals surface area contributed by atoms with Gasteiger partial charge in [0.1, 0.15) is 7.05 Å². The highest BCUT2D eigenvalue weighted by molar-refractivity contribution is 5.94. The molecule has 0 unspecified atom stereocenters. The van der Waals surface area contributed by atoms with Crippen LogP contribution in [0.15, 0.2) is 120 Å². The average Bonchev–Trinajstić information content (AvgIpc) is 3.49. The molecule has 2 aliphatic rings. The van der Waals surface area contributed by atoms with E-state index in [0.29, 0.717) is 11.1 Å². The number of aryl methyl sites for hydroxylation is 1. The Morgan fingerprint density at radius 2 is 1.53 bits per heavy atom. The number of benzene rings is 3. The maximum absolute atomic E-state index is 12.0. The van der Waals surface area contributed by atoms with Gasteiger partial charge in [0.2, 0.25) is 11.2 Å². The largest absolute Gasteiger partial charge is 0.465 e. The van der Waals surface area contributed by atoms with Crippen LogP contribution in [0.3, 0.4) is 0 Å². The minimum Gasteiger partial charge on any atom is -0.465 e. The molecule has 1 aliphatic carbocycles. The summed E-state index contributed by atoms with van der Waals surface area (Å²) in [5, 5.41) is 0.981. The van der Waals surface area contributed by atoms with Gasteiger partial charge in [-0.1, -0.05) is 48.6 Å². The first kappa shape index (κ1) is 29.6. The van der Waals surface area contributed by atoms with Crippen molar-refractivity contribution in [3.8, 4) is 0 Å². The highest BCUT2D eigenvalue weighted by Gasteiger charge is 2.21. The molecule has 0 atom stereocenters. The zero-order chi connectivity index (χ0) is 31.5. The topological polar surface area (TPSA) is 59.7 Å². The molecule has 0 bridgehead atoms. The van der Waals surface area contributed by atoms with E-state index in [1.54, 1.807) is 12.1 Å². The van der Waals surface area contributed by atoms with Gasteiger partial charge in [-0.3, -0.25) is 0 Å². The van der Waals surface area contributed by atoms with Crippen LogP contribution in [-0.4, -0.2) is 33.2 Å². The number of anilines is 1. The van der Waals surface area contributed by atoms with E-state index in [9.17, 15) is 9.59 Å². The van der Waals surface area contributed by atoms with Crippen LogP contribution in [0.4, 0.5) is 5.69 Å². The van der Waals surface area contributed by atoms with Crippen molar-refractivity contribution in [2.75, 3.05) is 26.2 Å². The van der Waals surface area contributed by atoms with Crippen LogP contribution in [0, 0.1) is 0 Å². The van der Waals surface area contributed by atoms with Crippen LogP contribution < -0.4 is 9.47 Å². The van der Waals surface area contributed by atoms with Gasteiger partial charge in [-0.15, -0.1) is 0 Å². The van der Waals surface area contributed by atoms with Crippen LogP contribution in [0.1, 0.15) is 50.4 Å². The number of nitrogens with zero attached hydrogens (tertiary/aromatic N) is 2. The van der Waals surface area contributed by atoms with Crippen molar-refractivity contribution in [1.29, 1.82) is 0 Å². The van der Waals surface area contributed by atoms with Gasteiger partial charge in [0, 0.05) is 42.0 Å². The molecule has 0 spiro atoms. The summed E-state index contributed by atoms with van der Waals surface area (Å²) in [6, 6.07) is 25.9. The van der Waals surface area contributed by atoms with Crippen molar-refractivity contribution in [2.45, 2.75) is 12.8 Å². The van der Waals surface area contributed by atoms with E-state index >= 15 is 0 Å². The van der Waals surface area contributed by atoms with E-state index in [2.05, 4.69) is 70.2 Å². The maximum Gasteiger partial charge on any atom is 0.337 e. The molecular formula is C39H35N2O4+. The molecule has 6 nitrogen and oxygen atoms in total. The lowest BCUT2D eigenvalue weighted by Gasteiger charge is -2.26. The number of carbonyl (C=O) groups is 2. The molecule has 0 saturated heterocycles. The molecule has 1 aliphatic heterocycles. The molecule has 0 saturated carbocycles. The number of pyridine rings is 1. The van der Waals surface area contributed by atoms with Gasteiger partial charge < -0.3 is 14.4 Å². The van der Waals surface area contributed by atoms with E-state index in [4.69, 9.17) is 9.47 Å². The maximum atomic E-state index is 12.0. The van der Waals surface area contributed by atoms with Crippen molar-refractivity contribution < 1.29 is 23.6 Å². The predicted molar refractivity (Wildman–Crippen MR) is 179 cm³/mol. The first-order chi connectivity index (χ1) is 21.9. The third-order valence-electron chi connectivity index (χ3n) is 8.54. The number of allylic oxidation sites excluding steroid dienone is 7. The highest BCUT2D eigenvalue weighted by atomic mass is 16.5. The fourth-order valence-corrected chi connectivity index (χ4v) is 6.07. The number of aromatic nitrogens is 1. The van der Waals surface area contributed by atoms with Gasteiger partial charge in [0.15, 0.2) is 0 Å². The summed E-state index contributed by atoms with van der Waals surface area (Å²) in [6.07, 6.45) is 14.8. The molecule has 6 heteroatoms. The van der Waals surface area contributed by atoms with Gasteiger partial charge in [-0.25, -0.2) is 9.59 Å². The summed E-state index contributed by atoms with van der Waals surface area (Å²) in [5.74, 6) is -0.676. The second kappa shape index (κ2) is 12.6. The minimum absolute atomic E-state index is 0.338. The van der Waals surface area contributed by atoms with Gasteiger partial charge in [-0.05, 0) is 89.2 Å². The van der Waals surface area contributed by atoms with Crippen molar-refractivity contribution in [3.63, 3.8) is 0 Å². The molecule has 3 aromatic carbocycles. The number of hydrogen-bond acceptors (Lipinski definition) is 5. The fourth-order valence-electron chi connectivity index (χ4n) is 6.07. The molecule has 0 amide bonds. The zero-order valence-electron chi connectivity index (χ0n) is 25.9. The SMILES string of the molecule is COC(=O)c1ccc2c(c1)C=C/C(=C\C=C1/CCC(/C=C/c3ccc4cc(C(=O)OC)ccc4[n+]3C)=C1c1ccccc1)N2C. The predicted octanol–water partition coefficient (Wildman–Crippen LogP) is 7.47. The summed E-state index contributed by atoms with van der Waals surface area (Å²) < 4.78 is 11.9. The normalized spacial score (nSPS) is 16.2. The standard InChI is InChI=1S/C39H35N2O4/c1-40-33(20-14-29-24-31(38(42)44-3)16-22-35(29)40)18-12-27-10-11-28(37(27)26-8-6-5-7-9-26)13-19-34-21-15-30-25-32(39(43)45-4)17-23-36(30)41(34)2/h5-9,12-25H,10-11H2,1-4H3/q+1. The number of hydrogen-bond donors (Lipinski definition) is 0. The number of fused-ring (bicyclic) bond motifs is 2. The van der Waals surface area contributed by atoms with E-state index in [1.807, 2.05) is 56.6 Å². The van der Waals surface area contributed by atoms with E-state index in [1.165, 1.54) is 36.5 Å². The Bertz CT molecular complexity index is 1980. The second-order valence-corrected chi connectivity index (χ2v) is 11.1. The highest BCUT2D eigenvalue weighted by Crippen LogP contribution is 2.40. The Morgan fingerprint density at radius 1 is 0.800 bits per heavy atom. The third-order valence-corrected chi connectivity index (χ3v) is 8.54. The van der Waals surface area contributed by atoms with Gasteiger partial charge in [-0.2, -0.15) is 4.57 Å². The average molecular weight is 596 g/mol. The lowest BCUT2D eigenvalue weighted by Crippen LogP contribution is -2.32. The number of methoxy groups -OCH3 is 2. The summed E-state index contributed by atoms with van der Waals surface area (Å²) in [6.45, 7) is 0. The molecule has 224 valence electrons. The Morgan fingerprint density at radius 3 is 2.29 bits per heavy atom. The summed E-state index contributed by atoms with van der Waals surface area (Å²) in [5.41, 5.74) is 11.3. The lowest BCUT2D eigenvalue weighted by molar-refractivity contribution is -0.646. The van der Waals surface area contributed by atoms with Crippen molar-refractivity contribution >= 4 is 46.3 Å².